The van der Waals surface area contributed by atoms with Gasteiger partial charge in [-0.1, -0.05) is 0 Å². The molecule has 4 nitrogen and oxygen atoms in total. The molecule has 2 N–H and O–H groups in total. The predicted octanol–water partition coefficient (Wildman–Crippen LogP) is 0.519. The van der Waals surface area contributed by atoms with Crippen LogP contribution in [0.2, 0.25) is 0 Å². The Labute approximate surface area is 105 Å². The van der Waals surface area contributed by atoms with Crippen LogP contribution in [0, 0.1) is 0 Å². The molecule has 4 heteroatoms. The van der Waals surface area contributed by atoms with Crippen LogP contribution in [-0.4, -0.2) is 68.3 Å². The summed E-state index contributed by atoms with van der Waals surface area (Å²) < 4.78 is 5.89. The van der Waals surface area contributed by atoms with Gasteiger partial charge in [0, 0.05) is 25.7 Å². The zero-order chi connectivity index (χ0) is 12.3. The fourth-order valence-corrected chi connectivity index (χ4v) is 3.08. The number of ether oxygens (including phenoxy) is 1. The smallest absolute Gasteiger partial charge is 0.0707 e. The fourth-order valence-electron chi connectivity index (χ4n) is 3.08. The highest BCUT2D eigenvalue weighted by Gasteiger charge is 2.27. The van der Waals surface area contributed by atoms with Crippen molar-refractivity contribution in [2.75, 3.05) is 40.3 Å². The van der Waals surface area contributed by atoms with Crippen molar-refractivity contribution < 1.29 is 4.74 Å². The number of nitrogens with zero attached hydrogens (tertiary/aromatic N) is 2. The molecule has 100 valence electrons. The summed E-state index contributed by atoms with van der Waals surface area (Å²) in [5.74, 6) is 0. The predicted molar refractivity (Wildman–Crippen MR) is 70.1 cm³/mol. The van der Waals surface area contributed by atoms with E-state index in [1.807, 2.05) is 0 Å². The van der Waals surface area contributed by atoms with E-state index in [1.54, 1.807) is 0 Å². The quantitative estimate of drug-likeness (QED) is 0.762. The molecule has 3 unspecified atom stereocenters. The molecule has 0 radical (unpaired) electrons. The van der Waals surface area contributed by atoms with Gasteiger partial charge in [0.15, 0.2) is 0 Å². The van der Waals surface area contributed by atoms with Gasteiger partial charge in [-0.2, -0.15) is 0 Å². The van der Waals surface area contributed by atoms with E-state index >= 15 is 0 Å². The largest absolute Gasteiger partial charge is 0.372 e. The Hall–Kier alpha value is -0.160. The molecule has 0 bridgehead atoms. The summed E-state index contributed by atoms with van der Waals surface area (Å²) in [5.41, 5.74) is 5.63. The van der Waals surface area contributed by atoms with E-state index in [1.165, 1.54) is 32.4 Å². The second-order valence-electron chi connectivity index (χ2n) is 5.69. The van der Waals surface area contributed by atoms with E-state index in [4.69, 9.17) is 10.5 Å². The summed E-state index contributed by atoms with van der Waals surface area (Å²) in [5, 5.41) is 0. The van der Waals surface area contributed by atoms with Gasteiger partial charge in [-0.3, -0.25) is 0 Å². The molecule has 2 heterocycles. The molecule has 0 aromatic heterocycles. The van der Waals surface area contributed by atoms with Crippen LogP contribution in [-0.2, 0) is 4.74 Å². The molecule has 3 atom stereocenters. The van der Waals surface area contributed by atoms with Crippen LogP contribution in [0.3, 0.4) is 0 Å². The van der Waals surface area contributed by atoms with Crippen LogP contribution in [0.25, 0.3) is 0 Å². The number of rotatable bonds is 5. The summed E-state index contributed by atoms with van der Waals surface area (Å²) in [4.78, 5) is 4.91. The van der Waals surface area contributed by atoms with Crippen molar-refractivity contribution in [1.82, 2.24) is 9.80 Å². The average molecular weight is 241 g/mol. The summed E-state index contributed by atoms with van der Waals surface area (Å²) in [6.45, 7) is 4.16. The van der Waals surface area contributed by atoms with Crippen molar-refractivity contribution in [3.8, 4) is 0 Å². The third-order valence-electron chi connectivity index (χ3n) is 4.17. The summed E-state index contributed by atoms with van der Waals surface area (Å²) in [6.07, 6.45) is 5.72. The van der Waals surface area contributed by atoms with Gasteiger partial charge in [0.2, 0.25) is 0 Å². The third-order valence-corrected chi connectivity index (χ3v) is 4.17. The molecular formula is C13H27N3O. The molecule has 0 saturated carbocycles. The Balaban J connectivity index is 1.68. The Morgan fingerprint density at radius 1 is 1.24 bits per heavy atom. The Kier molecular flexibility index (Phi) is 4.79. The molecule has 2 fully saturated rings. The lowest BCUT2D eigenvalue weighted by molar-refractivity contribution is 0.0286. The van der Waals surface area contributed by atoms with Gasteiger partial charge in [-0.25, -0.2) is 0 Å². The van der Waals surface area contributed by atoms with Crippen molar-refractivity contribution in [2.24, 2.45) is 5.73 Å². The monoisotopic (exact) mass is 241 g/mol. The zero-order valence-electron chi connectivity index (χ0n) is 11.3. The Bertz CT molecular complexity index is 237. The van der Waals surface area contributed by atoms with Gasteiger partial charge in [0.05, 0.1) is 12.2 Å². The number of hydrogen-bond donors (Lipinski definition) is 1. The Morgan fingerprint density at radius 3 is 2.59 bits per heavy atom. The van der Waals surface area contributed by atoms with E-state index in [0.717, 1.165) is 19.0 Å². The van der Waals surface area contributed by atoms with Crippen molar-refractivity contribution >= 4 is 0 Å². The molecule has 0 spiro atoms. The fraction of sp³-hybridized carbons (Fsp3) is 1.00. The van der Waals surface area contributed by atoms with Crippen molar-refractivity contribution in [1.29, 1.82) is 0 Å². The van der Waals surface area contributed by atoms with Crippen molar-refractivity contribution in [3.05, 3.63) is 0 Å². The van der Waals surface area contributed by atoms with Gasteiger partial charge >= 0.3 is 0 Å². The second kappa shape index (κ2) is 6.14. The zero-order valence-corrected chi connectivity index (χ0v) is 11.3. The minimum absolute atomic E-state index is 0.308. The van der Waals surface area contributed by atoms with E-state index in [9.17, 15) is 0 Å². The topological polar surface area (TPSA) is 41.7 Å². The van der Waals surface area contributed by atoms with Crippen molar-refractivity contribution in [2.45, 2.75) is 43.9 Å². The van der Waals surface area contributed by atoms with Crippen LogP contribution in [0.15, 0.2) is 0 Å². The minimum atomic E-state index is 0.308. The number of likely N-dealkylation sites (tertiary alicyclic amines) is 1. The average Bonchev–Trinajstić information content (AvgIpc) is 2.89. The van der Waals surface area contributed by atoms with Gasteiger partial charge in [0.25, 0.3) is 0 Å². The normalized spacial score (nSPS) is 34.9. The molecule has 0 aromatic carbocycles. The highest BCUT2D eigenvalue weighted by Crippen LogP contribution is 2.20. The minimum Gasteiger partial charge on any atom is -0.372 e. The number of hydrogen-bond acceptors (Lipinski definition) is 4. The number of nitrogens with two attached hydrogens (primary N) is 1. The van der Waals surface area contributed by atoms with Gasteiger partial charge < -0.3 is 20.3 Å². The first-order valence-corrected chi connectivity index (χ1v) is 6.93. The maximum Gasteiger partial charge on any atom is 0.0707 e. The molecule has 2 aliphatic rings. The molecule has 2 aliphatic heterocycles. The van der Waals surface area contributed by atoms with Crippen molar-refractivity contribution in [3.63, 3.8) is 0 Å². The lowest BCUT2D eigenvalue weighted by atomic mass is 10.1. The first kappa shape index (κ1) is 13.3. The summed E-state index contributed by atoms with van der Waals surface area (Å²) in [6, 6.07) is 0.742. The van der Waals surface area contributed by atoms with Crippen LogP contribution in [0.5, 0.6) is 0 Å². The second-order valence-corrected chi connectivity index (χ2v) is 5.69. The highest BCUT2D eigenvalue weighted by atomic mass is 16.5. The molecule has 2 rings (SSSR count). The summed E-state index contributed by atoms with van der Waals surface area (Å²) in [7, 11) is 4.45. The van der Waals surface area contributed by atoms with E-state index in [-0.39, 0.29) is 0 Å². The molecule has 2 saturated heterocycles. The number of likely N-dealkylation sites (N-methyl/N-ethyl adjacent to an activating group) is 2. The van der Waals surface area contributed by atoms with Crippen LogP contribution < -0.4 is 5.73 Å². The van der Waals surface area contributed by atoms with Gasteiger partial charge in [0.1, 0.15) is 0 Å². The summed E-state index contributed by atoms with van der Waals surface area (Å²) >= 11 is 0. The molecule has 17 heavy (non-hydrogen) atoms. The van der Waals surface area contributed by atoms with E-state index in [2.05, 4.69) is 23.9 Å². The maximum absolute atomic E-state index is 5.89. The lowest BCUT2D eigenvalue weighted by Crippen LogP contribution is -2.40. The molecule has 0 amide bonds. The first-order valence-electron chi connectivity index (χ1n) is 6.93. The van der Waals surface area contributed by atoms with Crippen LogP contribution in [0.4, 0.5) is 0 Å². The SMILES string of the molecule is CN(CC1CCC(CN)O1)CC1CCCN1C. The first-order chi connectivity index (χ1) is 8.19. The van der Waals surface area contributed by atoms with Crippen LogP contribution in [0.1, 0.15) is 25.7 Å². The van der Waals surface area contributed by atoms with Crippen LogP contribution >= 0.6 is 0 Å². The van der Waals surface area contributed by atoms with E-state index < -0.39 is 0 Å². The highest BCUT2D eigenvalue weighted by molar-refractivity contribution is 4.81. The molecule has 0 aliphatic carbocycles. The molecule has 0 aromatic rings. The van der Waals surface area contributed by atoms with Gasteiger partial charge in [-0.05, 0) is 46.3 Å². The lowest BCUT2D eigenvalue weighted by Gasteiger charge is -2.27. The maximum atomic E-state index is 5.89. The third kappa shape index (κ3) is 3.65. The standard InChI is InChI=1S/C13H27N3O/c1-15(9-11-4-3-7-16(11)2)10-13-6-5-12(8-14)17-13/h11-13H,3-10,14H2,1-2H3. The van der Waals surface area contributed by atoms with Gasteiger partial charge in [-0.15, -0.1) is 0 Å². The molecular weight excluding hydrogens is 214 g/mol. The van der Waals surface area contributed by atoms with E-state index in [0.29, 0.717) is 18.8 Å². The Morgan fingerprint density at radius 2 is 2.00 bits per heavy atom.